The molecule has 1 N–H and O–H groups in total. The molecule has 0 spiro atoms. The molecule has 24 heavy (non-hydrogen) atoms. The summed E-state index contributed by atoms with van der Waals surface area (Å²) >= 11 is 5.94. The third kappa shape index (κ3) is 3.88. The molecule has 0 aliphatic rings. The molecule has 2 aromatic rings. The Morgan fingerprint density at radius 2 is 1.92 bits per heavy atom. The number of hydrogen-bond donors (Lipinski definition) is 1. The van der Waals surface area contributed by atoms with E-state index in [1.165, 1.54) is 24.3 Å². The first-order valence-corrected chi connectivity index (χ1v) is 7.33. The van der Waals surface area contributed by atoms with E-state index in [0.29, 0.717) is 0 Å². The van der Waals surface area contributed by atoms with Crippen LogP contribution in [0.2, 0.25) is 5.02 Å². The molecule has 0 atom stereocenters. The molecule has 0 saturated heterocycles. The minimum absolute atomic E-state index is 0.0618. The Hall–Kier alpha value is -2.93. The van der Waals surface area contributed by atoms with Crippen LogP contribution in [0.4, 0.5) is 11.4 Å². The lowest BCUT2D eigenvalue weighted by Crippen LogP contribution is -2.16. The molecular weight excluding hydrogens is 336 g/mol. The number of anilines is 1. The lowest BCUT2D eigenvalue weighted by molar-refractivity contribution is -0.384. The molecule has 0 fully saturated rings. The summed E-state index contributed by atoms with van der Waals surface area (Å²) in [5, 5.41) is 13.4. The lowest BCUT2D eigenvalue weighted by atomic mass is 10.1. The molecule has 0 bridgehead atoms. The molecule has 8 heteroatoms. The first-order chi connectivity index (χ1) is 11.4. The molecule has 0 unspecified atom stereocenters. The Labute approximate surface area is 142 Å². The molecule has 2 rings (SSSR count). The van der Waals surface area contributed by atoms with E-state index in [0.717, 1.165) is 6.07 Å². The second-order valence-electron chi connectivity index (χ2n) is 4.64. The molecule has 0 aliphatic carbocycles. The van der Waals surface area contributed by atoms with Crippen LogP contribution >= 0.6 is 11.6 Å². The van der Waals surface area contributed by atoms with Crippen molar-refractivity contribution < 1.29 is 19.2 Å². The monoisotopic (exact) mass is 348 g/mol. The zero-order valence-electron chi connectivity index (χ0n) is 12.6. The van der Waals surface area contributed by atoms with E-state index in [-0.39, 0.29) is 34.1 Å². The number of non-ortho nitro benzene ring substituents is 1. The maximum Gasteiger partial charge on any atom is 0.340 e. The zero-order valence-corrected chi connectivity index (χ0v) is 13.4. The van der Waals surface area contributed by atoms with Crippen molar-refractivity contribution in [2.75, 3.05) is 11.9 Å². The summed E-state index contributed by atoms with van der Waals surface area (Å²) in [6.07, 6.45) is 0. The molecule has 2 aromatic carbocycles. The zero-order chi connectivity index (χ0) is 17.7. The molecule has 0 aromatic heterocycles. The highest BCUT2D eigenvalue weighted by Gasteiger charge is 2.19. The van der Waals surface area contributed by atoms with Crippen molar-refractivity contribution in [3.63, 3.8) is 0 Å². The Morgan fingerprint density at radius 1 is 1.21 bits per heavy atom. The maximum absolute atomic E-state index is 12.4. The van der Waals surface area contributed by atoms with Crippen LogP contribution < -0.4 is 5.32 Å². The fourth-order valence-corrected chi connectivity index (χ4v) is 2.17. The van der Waals surface area contributed by atoms with Gasteiger partial charge in [0.25, 0.3) is 11.6 Å². The number of halogens is 1. The van der Waals surface area contributed by atoms with E-state index >= 15 is 0 Å². The summed E-state index contributed by atoms with van der Waals surface area (Å²) in [6.45, 7) is 1.86. The summed E-state index contributed by atoms with van der Waals surface area (Å²) in [4.78, 5) is 34.5. The second kappa shape index (κ2) is 7.56. The molecule has 0 saturated carbocycles. The van der Waals surface area contributed by atoms with Crippen LogP contribution in [0, 0.1) is 10.1 Å². The lowest BCUT2D eigenvalue weighted by Gasteiger charge is -2.11. The first kappa shape index (κ1) is 17.4. The summed E-state index contributed by atoms with van der Waals surface area (Å²) in [5.74, 6) is -1.25. The van der Waals surface area contributed by atoms with Crippen molar-refractivity contribution in [3.8, 4) is 0 Å². The minimum atomic E-state index is -0.666. The van der Waals surface area contributed by atoms with Gasteiger partial charge < -0.3 is 10.1 Å². The number of nitrogens with zero attached hydrogens (tertiary/aromatic N) is 1. The SMILES string of the molecule is CCOC(=O)c1ccccc1NC(=O)c1cc([N+](=O)[O-])ccc1Cl. The predicted octanol–water partition coefficient (Wildman–Crippen LogP) is 3.68. The Bertz CT molecular complexity index is 807. The van der Waals surface area contributed by atoms with Crippen LogP contribution in [0.15, 0.2) is 42.5 Å². The molecule has 0 radical (unpaired) electrons. The molecule has 0 aliphatic heterocycles. The van der Waals surface area contributed by atoms with Gasteiger partial charge in [-0.1, -0.05) is 23.7 Å². The highest BCUT2D eigenvalue weighted by Crippen LogP contribution is 2.24. The number of esters is 1. The Balaban J connectivity index is 2.33. The summed E-state index contributed by atoms with van der Waals surface area (Å²) < 4.78 is 4.92. The fraction of sp³-hybridized carbons (Fsp3) is 0.125. The van der Waals surface area contributed by atoms with Crippen molar-refractivity contribution in [2.24, 2.45) is 0 Å². The number of carbonyl (C=O) groups is 2. The van der Waals surface area contributed by atoms with Crippen LogP contribution in [0.3, 0.4) is 0 Å². The van der Waals surface area contributed by atoms with E-state index < -0.39 is 16.8 Å². The van der Waals surface area contributed by atoms with Gasteiger partial charge in [-0.15, -0.1) is 0 Å². The first-order valence-electron chi connectivity index (χ1n) is 6.95. The third-order valence-corrected chi connectivity index (χ3v) is 3.41. The highest BCUT2D eigenvalue weighted by atomic mass is 35.5. The number of nitro groups is 1. The largest absolute Gasteiger partial charge is 0.462 e. The van der Waals surface area contributed by atoms with Crippen LogP contribution in [0.25, 0.3) is 0 Å². The molecule has 1 amide bonds. The van der Waals surface area contributed by atoms with Crippen molar-refractivity contribution in [2.45, 2.75) is 6.92 Å². The number of amides is 1. The molecule has 0 heterocycles. The topological polar surface area (TPSA) is 98.5 Å². The van der Waals surface area contributed by atoms with Gasteiger partial charge in [-0.2, -0.15) is 0 Å². The van der Waals surface area contributed by atoms with Gasteiger partial charge in [0.1, 0.15) is 0 Å². The molecule has 7 nitrogen and oxygen atoms in total. The predicted molar refractivity (Wildman–Crippen MR) is 88.5 cm³/mol. The van der Waals surface area contributed by atoms with Gasteiger partial charge in [0.2, 0.25) is 0 Å². The number of rotatable bonds is 5. The van der Waals surface area contributed by atoms with Crippen molar-refractivity contribution in [1.29, 1.82) is 0 Å². The van der Waals surface area contributed by atoms with Gasteiger partial charge >= 0.3 is 5.97 Å². The van der Waals surface area contributed by atoms with E-state index in [9.17, 15) is 19.7 Å². The van der Waals surface area contributed by atoms with Crippen LogP contribution in [0.1, 0.15) is 27.6 Å². The Morgan fingerprint density at radius 3 is 2.58 bits per heavy atom. The molecule has 124 valence electrons. The second-order valence-corrected chi connectivity index (χ2v) is 5.05. The standard InChI is InChI=1S/C16H13ClN2O5/c1-2-24-16(21)11-5-3-4-6-14(11)18-15(20)12-9-10(19(22)23)7-8-13(12)17/h3-9H,2H2,1H3,(H,18,20). The third-order valence-electron chi connectivity index (χ3n) is 3.08. The number of para-hydroxylation sites is 1. The highest BCUT2D eigenvalue weighted by molar-refractivity contribution is 6.34. The van der Waals surface area contributed by atoms with Gasteiger partial charge in [-0.05, 0) is 25.1 Å². The molecular formula is C16H13ClN2O5. The Kier molecular flexibility index (Phi) is 5.49. The fourth-order valence-electron chi connectivity index (χ4n) is 1.97. The van der Waals surface area contributed by atoms with Crippen molar-refractivity contribution in [3.05, 3.63) is 68.7 Å². The van der Waals surface area contributed by atoms with Crippen LogP contribution in [-0.2, 0) is 4.74 Å². The van der Waals surface area contributed by atoms with Crippen molar-refractivity contribution in [1.82, 2.24) is 0 Å². The van der Waals surface area contributed by atoms with Gasteiger partial charge in [-0.25, -0.2) is 4.79 Å². The number of nitrogens with one attached hydrogen (secondary N) is 1. The van der Waals surface area contributed by atoms with E-state index in [4.69, 9.17) is 16.3 Å². The van der Waals surface area contributed by atoms with Gasteiger partial charge in [0.15, 0.2) is 0 Å². The summed E-state index contributed by atoms with van der Waals surface area (Å²) in [6, 6.07) is 9.83. The van der Waals surface area contributed by atoms with Gasteiger partial charge in [-0.3, -0.25) is 14.9 Å². The summed E-state index contributed by atoms with van der Waals surface area (Å²) in [5.41, 5.74) is 0.0746. The van der Waals surface area contributed by atoms with Gasteiger partial charge in [0.05, 0.1) is 33.4 Å². The maximum atomic E-state index is 12.4. The van der Waals surface area contributed by atoms with E-state index in [2.05, 4.69) is 5.32 Å². The van der Waals surface area contributed by atoms with Crippen LogP contribution in [0.5, 0.6) is 0 Å². The van der Waals surface area contributed by atoms with Crippen molar-refractivity contribution >= 4 is 34.9 Å². The summed E-state index contributed by atoms with van der Waals surface area (Å²) in [7, 11) is 0. The normalized spacial score (nSPS) is 10.1. The number of carbonyl (C=O) groups excluding carboxylic acids is 2. The number of ether oxygens (including phenoxy) is 1. The van der Waals surface area contributed by atoms with Crippen LogP contribution in [-0.4, -0.2) is 23.4 Å². The van der Waals surface area contributed by atoms with E-state index in [1.54, 1.807) is 19.1 Å². The average molecular weight is 349 g/mol. The quantitative estimate of drug-likeness (QED) is 0.505. The van der Waals surface area contributed by atoms with E-state index in [1.807, 2.05) is 0 Å². The average Bonchev–Trinajstić information content (AvgIpc) is 2.55. The smallest absolute Gasteiger partial charge is 0.340 e. The minimum Gasteiger partial charge on any atom is -0.462 e. The van der Waals surface area contributed by atoms with Gasteiger partial charge in [0, 0.05) is 12.1 Å². The number of benzene rings is 2. The number of hydrogen-bond acceptors (Lipinski definition) is 5. The number of nitro benzene ring substituents is 1.